The van der Waals surface area contributed by atoms with Crippen molar-refractivity contribution in [1.82, 2.24) is 4.98 Å². The van der Waals surface area contributed by atoms with Gasteiger partial charge in [-0.15, -0.1) is 11.3 Å². The average molecular weight is 410 g/mol. The molecule has 1 N–H and O–H groups in total. The number of halogens is 5. The van der Waals surface area contributed by atoms with Gasteiger partial charge in [0.15, 0.2) is 5.82 Å². The van der Waals surface area contributed by atoms with E-state index in [4.69, 9.17) is 16.3 Å². The van der Waals surface area contributed by atoms with Crippen molar-refractivity contribution in [3.63, 3.8) is 0 Å². The van der Waals surface area contributed by atoms with Crippen molar-refractivity contribution in [1.29, 1.82) is 0 Å². The van der Waals surface area contributed by atoms with Crippen molar-refractivity contribution in [2.75, 3.05) is 12.0 Å². The van der Waals surface area contributed by atoms with Crippen LogP contribution in [0.5, 0.6) is 0 Å². The summed E-state index contributed by atoms with van der Waals surface area (Å²) in [5, 5.41) is 5.02. The second-order valence-electron chi connectivity index (χ2n) is 4.86. The maximum atomic E-state index is 13.5. The standard InChI is InChI=1S/C15H12ClF4N3O2S/c1-2-25-12(24)5-9-7-26-14(22-9)23-21-6-8-3-10(15(18,19)20)13(17)11(16)4-8/h3-4,6-7H,2,5H2,1H3,(H,22,23). The van der Waals surface area contributed by atoms with Gasteiger partial charge in [-0.25, -0.2) is 9.37 Å². The Morgan fingerprint density at radius 2 is 2.19 bits per heavy atom. The van der Waals surface area contributed by atoms with E-state index in [1.807, 2.05) is 0 Å². The van der Waals surface area contributed by atoms with Crippen LogP contribution in [-0.2, 0) is 22.1 Å². The molecule has 0 saturated carbocycles. The second kappa shape index (κ2) is 8.45. The molecule has 0 aliphatic heterocycles. The number of ether oxygens (including phenoxy) is 1. The summed E-state index contributed by atoms with van der Waals surface area (Å²) in [6.07, 6.45) is -3.83. The summed E-state index contributed by atoms with van der Waals surface area (Å²) in [5.41, 5.74) is 1.47. The van der Waals surface area contributed by atoms with Crippen LogP contribution in [-0.4, -0.2) is 23.8 Å². The molecule has 1 aromatic heterocycles. The highest BCUT2D eigenvalue weighted by atomic mass is 35.5. The molecule has 11 heteroatoms. The van der Waals surface area contributed by atoms with Gasteiger partial charge in [-0.05, 0) is 24.6 Å². The molecule has 1 heterocycles. The molecule has 140 valence electrons. The van der Waals surface area contributed by atoms with Crippen LogP contribution in [0.3, 0.4) is 0 Å². The first-order valence-electron chi connectivity index (χ1n) is 7.16. The lowest BCUT2D eigenvalue weighted by molar-refractivity contribution is -0.142. The van der Waals surface area contributed by atoms with Crippen LogP contribution in [0.4, 0.5) is 22.7 Å². The quantitative estimate of drug-likeness (QED) is 0.330. The van der Waals surface area contributed by atoms with E-state index in [1.54, 1.807) is 12.3 Å². The summed E-state index contributed by atoms with van der Waals surface area (Å²) in [7, 11) is 0. The molecule has 0 radical (unpaired) electrons. The average Bonchev–Trinajstić information content (AvgIpc) is 2.97. The molecule has 0 aliphatic rings. The Labute approximate surface area is 154 Å². The molecule has 5 nitrogen and oxygen atoms in total. The van der Waals surface area contributed by atoms with Gasteiger partial charge in [0.05, 0.1) is 35.5 Å². The highest BCUT2D eigenvalue weighted by molar-refractivity contribution is 7.13. The minimum atomic E-state index is -4.87. The lowest BCUT2D eigenvalue weighted by atomic mass is 10.1. The van der Waals surface area contributed by atoms with Gasteiger partial charge in [-0.3, -0.25) is 10.2 Å². The van der Waals surface area contributed by atoms with Gasteiger partial charge in [0.1, 0.15) is 0 Å². The number of rotatable bonds is 6. The Kier molecular flexibility index (Phi) is 6.54. The molecule has 0 amide bonds. The molecule has 0 bridgehead atoms. The molecular formula is C15H12ClF4N3O2S. The highest BCUT2D eigenvalue weighted by Gasteiger charge is 2.35. The second-order valence-corrected chi connectivity index (χ2v) is 6.12. The minimum absolute atomic E-state index is 0.00174. The Morgan fingerprint density at radius 3 is 2.85 bits per heavy atom. The zero-order valence-corrected chi connectivity index (χ0v) is 14.8. The van der Waals surface area contributed by atoms with E-state index in [9.17, 15) is 22.4 Å². The summed E-state index contributed by atoms with van der Waals surface area (Å²) in [6, 6.07) is 1.62. The van der Waals surface area contributed by atoms with Gasteiger partial charge in [0.2, 0.25) is 5.13 Å². The van der Waals surface area contributed by atoms with E-state index in [-0.39, 0.29) is 18.6 Å². The maximum Gasteiger partial charge on any atom is 0.419 e. The van der Waals surface area contributed by atoms with Crippen molar-refractivity contribution >= 4 is 40.3 Å². The molecule has 0 aliphatic carbocycles. The van der Waals surface area contributed by atoms with Crippen LogP contribution in [0.2, 0.25) is 5.02 Å². The number of nitrogens with zero attached hydrogens (tertiary/aromatic N) is 2. The molecule has 0 unspecified atom stereocenters. The number of nitrogens with one attached hydrogen (secondary N) is 1. The predicted molar refractivity (Wildman–Crippen MR) is 90.1 cm³/mol. The van der Waals surface area contributed by atoms with E-state index in [2.05, 4.69) is 15.5 Å². The summed E-state index contributed by atoms with van der Waals surface area (Å²) in [5.74, 6) is -1.96. The summed E-state index contributed by atoms with van der Waals surface area (Å²) in [4.78, 5) is 15.4. The van der Waals surface area contributed by atoms with Gasteiger partial charge in [-0.1, -0.05) is 11.6 Å². The molecule has 2 aromatic rings. The number of benzene rings is 1. The summed E-state index contributed by atoms with van der Waals surface area (Å²) < 4.78 is 56.5. The maximum absolute atomic E-state index is 13.5. The van der Waals surface area contributed by atoms with Gasteiger partial charge < -0.3 is 4.74 Å². The molecule has 1 aromatic carbocycles. The Morgan fingerprint density at radius 1 is 1.46 bits per heavy atom. The fraction of sp³-hybridized carbons (Fsp3) is 0.267. The third kappa shape index (κ3) is 5.40. The summed E-state index contributed by atoms with van der Waals surface area (Å²) in [6.45, 7) is 1.95. The molecule has 0 fully saturated rings. The molecule has 2 rings (SSSR count). The smallest absolute Gasteiger partial charge is 0.419 e. The van der Waals surface area contributed by atoms with Crippen molar-refractivity contribution in [2.45, 2.75) is 19.5 Å². The number of anilines is 1. The van der Waals surface area contributed by atoms with Gasteiger partial charge in [0, 0.05) is 5.38 Å². The number of thiazole rings is 1. The molecule has 0 saturated heterocycles. The zero-order valence-electron chi connectivity index (χ0n) is 13.2. The van der Waals surface area contributed by atoms with Crippen LogP contribution >= 0.6 is 22.9 Å². The number of hydrazone groups is 1. The van der Waals surface area contributed by atoms with Crippen molar-refractivity contribution < 1.29 is 27.1 Å². The van der Waals surface area contributed by atoms with E-state index >= 15 is 0 Å². The Bertz CT molecular complexity index is 824. The number of aromatic nitrogens is 1. The van der Waals surface area contributed by atoms with E-state index in [0.717, 1.165) is 23.6 Å². The van der Waals surface area contributed by atoms with Crippen LogP contribution < -0.4 is 5.43 Å². The number of carbonyl (C=O) groups is 1. The van der Waals surface area contributed by atoms with Crippen LogP contribution in [0.25, 0.3) is 0 Å². The number of alkyl halides is 3. The fourth-order valence-corrected chi connectivity index (χ4v) is 2.74. The number of hydrogen-bond donors (Lipinski definition) is 1. The van der Waals surface area contributed by atoms with Crippen LogP contribution in [0.15, 0.2) is 22.6 Å². The van der Waals surface area contributed by atoms with E-state index in [1.165, 1.54) is 0 Å². The molecular weight excluding hydrogens is 398 g/mol. The van der Waals surface area contributed by atoms with Crippen molar-refractivity contribution in [3.8, 4) is 0 Å². The van der Waals surface area contributed by atoms with Crippen molar-refractivity contribution in [3.05, 3.63) is 45.2 Å². The van der Waals surface area contributed by atoms with Crippen LogP contribution in [0.1, 0.15) is 23.7 Å². The Hall–Kier alpha value is -2.20. The van der Waals surface area contributed by atoms with Crippen molar-refractivity contribution in [2.24, 2.45) is 5.10 Å². The number of hydrogen-bond acceptors (Lipinski definition) is 6. The fourth-order valence-electron chi connectivity index (χ4n) is 1.85. The largest absolute Gasteiger partial charge is 0.466 e. The zero-order chi connectivity index (χ0) is 19.3. The molecule has 0 spiro atoms. The third-order valence-electron chi connectivity index (χ3n) is 2.91. The van der Waals surface area contributed by atoms with Gasteiger partial charge in [0.25, 0.3) is 0 Å². The number of carbonyl (C=O) groups excluding carboxylic acids is 1. The molecule has 26 heavy (non-hydrogen) atoms. The first kappa shape index (κ1) is 20.1. The molecule has 0 atom stereocenters. The Balaban J connectivity index is 2.06. The monoisotopic (exact) mass is 409 g/mol. The first-order valence-corrected chi connectivity index (χ1v) is 8.41. The van der Waals surface area contributed by atoms with E-state index in [0.29, 0.717) is 16.9 Å². The predicted octanol–water partition coefficient (Wildman–Crippen LogP) is 4.51. The third-order valence-corrected chi connectivity index (χ3v) is 3.98. The first-order chi connectivity index (χ1) is 12.2. The SMILES string of the molecule is CCOC(=O)Cc1csc(NN=Cc2cc(Cl)c(F)c(C(F)(F)F)c2)n1. The summed E-state index contributed by atoms with van der Waals surface area (Å²) >= 11 is 6.64. The minimum Gasteiger partial charge on any atom is -0.466 e. The highest BCUT2D eigenvalue weighted by Crippen LogP contribution is 2.34. The lowest BCUT2D eigenvalue weighted by Gasteiger charge is -2.09. The van der Waals surface area contributed by atoms with Gasteiger partial charge in [-0.2, -0.15) is 18.3 Å². The van der Waals surface area contributed by atoms with Crippen LogP contribution in [0, 0.1) is 5.82 Å². The topological polar surface area (TPSA) is 63.6 Å². The lowest BCUT2D eigenvalue weighted by Crippen LogP contribution is -2.09. The van der Waals surface area contributed by atoms with E-state index < -0.39 is 28.5 Å². The number of esters is 1. The van der Waals surface area contributed by atoms with Gasteiger partial charge >= 0.3 is 12.1 Å². The normalized spacial score (nSPS) is 11.8.